The SMILES string of the molecule is CCCC(NC(=O)C(C)CS(C)(=O)=O)C(=O)C(=O)NCC(=O)N[C@H](C(=O)O)c1ccccc1.CCCC(NC(=O)C(C)CS(C)(=O)=O)C(=O)C(=O)NCC(=O)N[C@H](C)c1ccccc1. The van der Waals surface area contributed by atoms with Crippen LogP contribution in [0.1, 0.15) is 83.5 Å². The third-order valence-electron chi connectivity index (χ3n) is 9.05. The molecule has 0 saturated heterocycles. The minimum absolute atomic E-state index is 0.130. The Morgan fingerprint density at radius 3 is 1.25 bits per heavy atom. The van der Waals surface area contributed by atoms with E-state index in [0.717, 1.165) is 18.1 Å². The number of sulfone groups is 2. The highest BCUT2D eigenvalue weighted by atomic mass is 32.2. The quantitative estimate of drug-likeness (QED) is 0.0650. The zero-order valence-electron chi connectivity index (χ0n) is 37.0. The molecule has 0 aromatic heterocycles. The zero-order valence-corrected chi connectivity index (χ0v) is 38.6. The monoisotopic (exact) mass is 936 g/mol. The lowest BCUT2D eigenvalue weighted by atomic mass is 10.0. The van der Waals surface area contributed by atoms with Gasteiger partial charge >= 0.3 is 5.97 Å². The van der Waals surface area contributed by atoms with Crippen LogP contribution in [0.5, 0.6) is 0 Å². The van der Waals surface area contributed by atoms with Gasteiger partial charge in [-0.05, 0) is 30.9 Å². The van der Waals surface area contributed by atoms with Crippen LogP contribution in [0.25, 0.3) is 0 Å². The van der Waals surface area contributed by atoms with Gasteiger partial charge in [-0.1, -0.05) is 101 Å². The van der Waals surface area contributed by atoms with Gasteiger partial charge in [0, 0.05) is 24.3 Å². The summed E-state index contributed by atoms with van der Waals surface area (Å²) in [5.74, 6) is -10.5. The molecule has 2 aromatic rings. The molecule has 6 atom stereocenters. The summed E-state index contributed by atoms with van der Waals surface area (Å²) in [7, 11) is -6.79. The predicted molar refractivity (Wildman–Crippen MR) is 235 cm³/mol. The number of ketones is 2. The van der Waals surface area contributed by atoms with Crippen LogP contribution < -0.4 is 31.9 Å². The third-order valence-corrected chi connectivity index (χ3v) is 11.3. The Kier molecular flexibility index (Phi) is 23.8. The van der Waals surface area contributed by atoms with Gasteiger partial charge in [-0.25, -0.2) is 21.6 Å². The summed E-state index contributed by atoms with van der Waals surface area (Å²) < 4.78 is 45.5. The average molecular weight is 937 g/mol. The van der Waals surface area contributed by atoms with E-state index >= 15 is 0 Å². The van der Waals surface area contributed by atoms with Crippen LogP contribution in [0, 0.1) is 11.8 Å². The molecule has 2 aromatic carbocycles. The lowest BCUT2D eigenvalue weighted by Crippen LogP contribution is -2.50. The molecular weight excluding hydrogens is 877 g/mol. The molecule has 6 amide bonds. The van der Waals surface area contributed by atoms with Crippen LogP contribution in [0.15, 0.2) is 60.7 Å². The van der Waals surface area contributed by atoms with E-state index < -0.39 is 115 Å². The number of amides is 6. The largest absolute Gasteiger partial charge is 0.479 e. The molecular formula is C42H60N6O14S2. The van der Waals surface area contributed by atoms with E-state index in [1.807, 2.05) is 30.3 Å². The van der Waals surface area contributed by atoms with Crippen LogP contribution in [0.3, 0.4) is 0 Å². The normalized spacial score (nSPS) is 13.9. The van der Waals surface area contributed by atoms with Crippen molar-refractivity contribution in [1.29, 1.82) is 0 Å². The number of hydrogen-bond acceptors (Lipinski definition) is 13. The fourth-order valence-corrected chi connectivity index (χ4v) is 8.00. The molecule has 0 bridgehead atoms. The Hall–Kier alpha value is -6.03. The van der Waals surface area contributed by atoms with Crippen molar-refractivity contribution in [2.24, 2.45) is 11.8 Å². The van der Waals surface area contributed by atoms with E-state index in [2.05, 4.69) is 31.9 Å². The summed E-state index contributed by atoms with van der Waals surface area (Å²) in [5, 5.41) is 23.5. The molecule has 20 nitrogen and oxygen atoms in total. The molecule has 7 N–H and O–H groups in total. The summed E-state index contributed by atoms with van der Waals surface area (Å²) in [5.41, 5.74) is 1.22. The van der Waals surface area contributed by atoms with E-state index in [1.165, 1.54) is 26.0 Å². The molecule has 0 aliphatic heterocycles. The van der Waals surface area contributed by atoms with Crippen LogP contribution in [-0.4, -0.2) is 124 Å². The molecule has 0 radical (unpaired) electrons. The lowest BCUT2D eigenvalue weighted by Gasteiger charge is -2.19. The van der Waals surface area contributed by atoms with Crippen molar-refractivity contribution in [2.75, 3.05) is 37.1 Å². The van der Waals surface area contributed by atoms with Crippen molar-refractivity contribution in [1.82, 2.24) is 31.9 Å². The fourth-order valence-electron chi connectivity index (χ4n) is 5.88. The van der Waals surface area contributed by atoms with Crippen molar-refractivity contribution in [2.45, 2.75) is 84.5 Å². The maximum Gasteiger partial charge on any atom is 0.330 e. The number of carboxylic acid groups (broad SMARTS) is 1. The van der Waals surface area contributed by atoms with Crippen LogP contribution >= 0.6 is 0 Å². The van der Waals surface area contributed by atoms with Crippen molar-refractivity contribution in [3.8, 4) is 0 Å². The Morgan fingerprint density at radius 2 is 0.906 bits per heavy atom. The Morgan fingerprint density at radius 1 is 0.547 bits per heavy atom. The highest BCUT2D eigenvalue weighted by Gasteiger charge is 2.31. The molecule has 22 heteroatoms. The van der Waals surface area contributed by atoms with Gasteiger partial charge in [-0.3, -0.25) is 38.4 Å². The lowest BCUT2D eigenvalue weighted by molar-refractivity contribution is -0.142. The van der Waals surface area contributed by atoms with E-state index in [0.29, 0.717) is 18.4 Å². The molecule has 354 valence electrons. The number of Topliss-reactive ketones (excluding diaryl/α,β-unsaturated/α-hetero) is 2. The topological polar surface area (TPSA) is 314 Å². The first-order chi connectivity index (χ1) is 29.8. The van der Waals surface area contributed by atoms with E-state index in [9.17, 15) is 65.1 Å². The first kappa shape index (κ1) is 56.0. The van der Waals surface area contributed by atoms with Gasteiger partial charge in [-0.15, -0.1) is 0 Å². The summed E-state index contributed by atoms with van der Waals surface area (Å²) in [6, 6.07) is 13.3. The van der Waals surface area contributed by atoms with Gasteiger partial charge in [0.2, 0.25) is 35.2 Å². The molecule has 64 heavy (non-hydrogen) atoms. The highest BCUT2D eigenvalue weighted by Crippen LogP contribution is 2.13. The van der Waals surface area contributed by atoms with Gasteiger partial charge in [0.25, 0.3) is 11.8 Å². The van der Waals surface area contributed by atoms with Gasteiger partial charge < -0.3 is 37.0 Å². The number of carboxylic acids is 1. The smallest absolute Gasteiger partial charge is 0.330 e. The first-order valence-electron chi connectivity index (χ1n) is 20.3. The maximum absolute atomic E-state index is 12.5. The number of carbonyl (C=O) groups is 9. The van der Waals surface area contributed by atoms with Crippen molar-refractivity contribution < 1.29 is 65.1 Å². The molecule has 0 heterocycles. The summed E-state index contributed by atoms with van der Waals surface area (Å²) >= 11 is 0. The zero-order chi connectivity index (χ0) is 48.8. The van der Waals surface area contributed by atoms with Crippen molar-refractivity contribution >= 4 is 72.7 Å². The average Bonchev–Trinajstić information content (AvgIpc) is 3.22. The number of hydrogen-bond donors (Lipinski definition) is 7. The Balaban J connectivity index is 0.000000641. The Labute approximate surface area is 373 Å². The maximum atomic E-state index is 12.5. The highest BCUT2D eigenvalue weighted by molar-refractivity contribution is 7.90. The second-order valence-corrected chi connectivity index (χ2v) is 19.6. The van der Waals surface area contributed by atoms with Crippen LogP contribution in [-0.2, 0) is 62.8 Å². The number of benzene rings is 2. The standard InChI is InChI=1S/C21H29N3O8S.C21H31N3O6S/c1-4-8-15(23-19(27)13(2)12-33(3,31)32)18(26)20(28)22-11-16(25)24-17(21(29)30)14-9-6-5-7-10-14;1-5-9-17(24-20(27)14(2)13-31(4,29)30)19(26)21(28)22-12-18(25)23-15(3)16-10-7-6-8-11-16/h5-7,9-10,13,15,17H,4,8,11-12H2,1-3H3,(H,22,28)(H,23,27)(H,24,25)(H,29,30);6-8,10-11,14-15,17H,5,9,12-13H2,1-4H3,(H,22,28)(H,23,25)(H,24,27)/t13?,15?,17-;14?,15-,17?/m01/s1. The first-order valence-corrected chi connectivity index (χ1v) is 24.4. The van der Waals surface area contributed by atoms with Gasteiger partial charge in [0.15, 0.2) is 6.04 Å². The molecule has 0 spiro atoms. The van der Waals surface area contributed by atoms with Gasteiger partial charge in [0.05, 0.1) is 42.7 Å². The minimum atomic E-state index is -3.42. The Bertz CT molecular complexity index is 2170. The number of aliphatic carboxylic acids is 1. The number of nitrogens with one attached hydrogen (secondary N) is 6. The third kappa shape index (κ3) is 21.9. The molecule has 0 saturated carbocycles. The molecule has 0 fully saturated rings. The molecule has 0 aliphatic carbocycles. The summed E-state index contributed by atoms with van der Waals surface area (Å²) in [6.07, 6.45) is 3.30. The summed E-state index contributed by atoms with van der Waals surface area (Å²) in [6.45, 7) is 7.08. The van der Waals surface area contributed by atoms with Crippen LogP contribution in [0.4, 0.5) is 0 Å². The number of carbonyl (C=O) groups excluding carboxylic acids is 8. The van der Waals surface area contributed by atoms with E-state index in [-0.39, 0.29) is 31.2 Å². The molecule has 4 unspecified atom stereocenters. The van der Waals surface area contributed by atoms with Crippen LogP contribution in [0.2, 0.25) is 0 Å². The molecule has 0 aliphatic rings. The van der Waals surface area contributed by atoms with E-state index in [4.69, 9.17) is 0 Å². The number of rotatable bonds is 25. The van der Waals surface area contributed by atoms with E-state index in [1.54, 1.807) is 39.0 Å². The summed E-state index contributed by atoms with van der Waals surface area (Å²) in [4.78, 5) is 110. The minimum Gasteiger partial charge on any atom is -0.479 e. The molecule has 2 rings (SSSR count). The fraction of sp³-hybridized carbons (Fsp3) is 0.500. The predicted octanol–water partition coefficient (Wildman–Crippen LogP) is 0.0941. The van der Waals surface area contributed by atoms with Gasteiger partial charge in [-0.2, -0.15) is 0 Å². The van der Waals surface area contributed by atoms with Gasteiger partial charge in [0.1, 0.15) is 19.7 Å². The van der Waals surface area contributed by atoms with Crippen molar-refractivity contribution in [3.05, 3.63) is 71.8 Å². The second-order valence-electron chi connectivity index (χ2n) is 15.2. The van der Waals surface area contributed by atoms with Crippen molar-refractivity contribution in [3.63, 3.8) is 0 Å². The second kappa shape index (κ2) is 27.2.